The van der Waals surface area contributed by atoms with Gasteiger partial charge in [0.05, 0.1) is 17.0 Å². The second-order valence-corrected chi connectivity index (χ2v) is 4.80. The van der Waals surface area contributed by atoms with E-state index in [-0.39, 0.29) is 33.5 Å². The maximum atomic E-state index is 11.9. The molecule has 0 bridgehead atoms. The molecule has 2 rings (SSSR count). The molecular weight excluding hydrogens is 274 g/mol. The minimum atomic E-state index is -0.477. The van der Waals surface area contributed by atoms with E-state index in [9.17, 15) is 14.7 Å². The smallest absolute Gasteiger partial charge is 0.199 e. The summed E-state index contributed by atoms with van der Waals surface area (Å²) in [5.74, 6) is -1.14. The fourth-order valence-corrected chi connectivity index (χ4v) is 2.17. The van der Waals surface area contributed by atoms with Crippen molar-refractivity contribution in [1.82, 2.24) is 4.98 Å². The number of carbonyl (C=O) groups is 2. The molecule has 1 N–H and O–H groups in total. The molecule has 0 unspecified atom stereocenters. The van der Waals surface area contributed by atoms with E-state index in [2.05, 4.69) is 4.98 Å². The SMILES string of the molecule is O=C(CC(=O)c1cccc(Cl)c1O)c1nccs1. The van der Waals surface area contributed by atoms with Crippen molar-refractivity contribution in [2.45, 2.75) is 6.42 Å². The van der Waals surface area contributed by atoms with E-state index in [1.165, 1.54) is 29.7 Å². The first-order valence-corrected chi connectivity index (χ1v) is 6.28. The highest BCUT2D eigenvalue weighted by molar-refractivity contribution is 7.11. The van der Waals surface area contributed by atoms with Gasteiger partial charge in [-0.15, -0.1) is 11.3 Å². The number of phenols is 1. The highest BCUT2D eigenvalue weighted by Crippen LogP contribution is 2.28. The predicted molar refractivity (Wildman–Crippen MR) is 68.5 cm³/mol. The second kappa shape index (κ2) is 5.29. The first kappa shape index (κ1) is 12.7. The Hall–Kier alpha value is -1.72. The van der Waals surface area contributed by atoms with Crippen LogP contribution in [0.2, 0.25) is 5.02 Å². The number of ketones is 2. The lowest BCUT2D eigenvalue weighted by Crippen LogP contribution is -2.08. The topological polar surface area (TPSA) is 67.3 Å². The third-order valence-corrected chi connectivity index (χ3v) is 3.40. The number of aromatic nitrogens is 1. The molecule has 0 aliphatic rings. The van der Waals surface area contributed by atoms with Crippen LogP contribution in [-0.2, 0) is 0 Å². The first-order valence-electron chi connectivity index (χ1n) is 5.03. The normalized spacial score (nSPS) is 10.3. The van der Waals surface area contributed by atoms with Gasteiger partial charge in [0.1, 0.15) is 5.75 Å². The molecule has 92 valence electrons. The number of rotatable bonds is 4. The van der Waals surface area contributed by atoms with Gasteiger partial charge in [-0.1, -0.05) is 17.7 Å². The monoisotopic (exact) mass is 281 g/mol. The Bertz CT molecular complexity index is 595. The van der Waals surface area contributed by atoms with Gasteiger partial charge in [-0.3, -0.25) is 9.59 Å². The summed E-state index contributed by atoms with van der Waals surface area (Å²) < 4.78 is 0. The molecule has 18 heavy (non-hydrogen) atoms. The summed E-state index contributed by atoms with van der Waals surface area (Å²) in [6.45, 7) is 0. The summed E-state index contributed by atoms with van der Waals surface area (Å²) in [5, 5.41) is 11.7. The van der Waals surface area contributed by atoms with E-state index >= 15 is 0 Å². The molecule has 0 amide bonds. The van der Waals surface area contributed by atoms with E-state index in [1.807, 2.05) is 0 Å². The van der Waals surface area contributed by atoms with Crippen LogP contribution in [0.25, 0.3) is 0 Å². The van der Waals surface area contributed by atoms with Crippen LogP contribution in [0.4, 0.5) is 0 Å². The largest absolute Gasteiger partial charge is 0.506 e. The van der Waals surface area contributed by atoms with Gasteiger partial charge in [0, 0.05) is 11.6 Å². The number of Topliss-reactive ketones (excluding diaryl/α,β-unsaturated/α-hetero) is 2. The van der Waals surface area contributed by atoms with Crippen LogP contribution in [0, 0.1) is 0 Å². The average molecular weight is 282 g/mol. The number of nitrogens with zero attached hydrogens (tertiary/aromatic N) is 1. The number of carbonyl (C=O) groups excluding carboxylic acids is 2. The van der Waals surface area contributed by atoms with Crippen molar-refractivity contribution in [3.05, 3.63) is 45.4 Å². The van der Waals surface area contributed by atoms with Crippen LogP contribution in [0.1, 0.15) is 26.6 Å². The average Bonchev–Trinajstić information content (AvgIpc) is 2.86. The molecule has 1 aromatic heterocycles. The third kappa shape index (κ3) is 2.57. The van der Waals surface area contributed by atoms with Gasteiger partial charge in [-0.05, 0) is 12.1 Å². The lowest BCUT2D eigenvalue weighted by molar-refractivity contribution is 0.0893. The summed E-state index contributed by atoms with van der Waals surface area (Å²) in [6, 6.07) is 4.44. The maximum absolute atomic E-state index is 11.9. The van der Waals surface area contributed by atoms with Crippen LogP contribution < -0.4 is 0 Å². The van der Waals surface area contributed by atoms with Crippen molar-refractivity contribution in [1.29, 1.82) is 0 Å². The minimum absolute atomic E-state index is 0.0485. The van der Waals surface area contributed by atoms with E-state index in [0.717, 1.165) is 0 Å². The first-order chi connectivity index (χ1) is 8.59. The van der Waals surface area contributed by atoms with Gasteiger partial charge in [-0.2, -0.15) is 0 Å². The molecule has 0 aliphatic heterocycles. The Balaban J connectivity index is 2.18. The Morgan fingerprint density at radius 2 is 2.11 bits per heavy atom. The maximum Gasteiger partial charge on any atom is 0.199 e. The van der Waals surface area contributed by atoms with Crippen molar-refractivity contribution >= 4 is 34.5 Å². The fourth-order valence-electron chi connectivity index (χ4n) is 1.42. The highest BCUT2D eigenvalue weighted by Gasteiger charge is 2.19. The van der Waals surface area contributed by atoms with Crippen molar-refractivity contribution in [2.75, 3.05) is 0 Å². The fraction of sp³-hybridized carbons (Fsp3) is 0.0833. The van der Waals surface area contributed by atoms with Gasteiger partial charge >= 0.3 is 0 Å². The van der Waals surface area contributed by atoms with E-state index < -0.39 is 5.78 Å². The molecule has 0 radical (unpaired) electrons. The number of para-hydroxylation sites is 1. The molecule has 6 heteroatoms. The molecule has 0 atom stereocenters. The predicted octanol–water partition coefficient (Wildman–Crippen LogP) is 2.96. The highest BCUT2D eigenvalue weighted by atomic mass is 35.5. The van der Waals surface area contributed by atoms with Gasteiger partial charge < -0.3 is 5.11 Å². The number of phenolic OH excluding ortho intramolecular Hbond substituents is 1. The molecule has 1 aromatic carbocycles. The quantitative estimate of drug-likeness (QED) is 0.691. The number of benzene rings is 1. The number of aromatic hydroxyl groups is 1. The minimum Gasteiger partial charge on any atom is -0.506 e. The summed E-state index contributed by atoms with van der Waals surface area (Å²) >= 11 is 6.87. The number of thiazole rings is 1. The van der Waals surface area contributed by atoms with Gasteiger partial charge in [0.2, 0.25) is 0 Å². The molecule has 0 saturated carbocycles. The molecule has 0 fully saturated rings. The van der Waals surface area contributed by atoms with Crippen LogP contribution >= 0.6 is 22.9 Å². The summed E-state index contributed by atoms with van der Waals surface area (Å²) in [6.07, 6.45) is 1.17. The second-order valence-electron chi connectivity index (χ2n) is 3.50. The third-order valence-electron chi connectivity index (χ3n) is 2.28. The zero-order chi connectivity index (χ0) is 13.1. The molecule has 2 aromatic rings. The number of halogens is 1. The summed E-state index contributed by atoms with van der Waals surface area (Å²) in [5.41, 5.74) is 0.0485. The van der Waals surface area contributed by atoms with Crippen molar-refractivity contribution in [3.63, 3.8) is 0 Å². The van der Waals surface area contributed by atoms with Gasteiger partial charge in [0.25, 0.3) is 0 Å². The Morgan fingerprint density at radius 3 is 2.78 bits per heavy atom. The molecular formula is C12H8ClNO3S. The molecule has 0 aliphatic carbocycles. The van der Waals surface area contributed by atoms with Crippen molar-refractivity contribution in [3.8, 4) is 5.75 Å². The molecule has 0 saturated heterocycles. The van der Waals surface area contributed by atoms with E-state index in [0.29, 0.717) is 0 Å². The Morgan fingerprint density at radius 1 is 1.33 bits per heavy atom. The zero-order valence-electron chi connectivity index (χ0n) is 9.09. The Kier molecular flexibility index (Phi) is 3.74. The van der Waals surface area contributed by atoms with E-state index in [1.54, 1.807) is 11.4 Å². The molecule has 0 spiro atoms. The lowest BCUT2D eigenvalue weighted by atomic mass is 10.1. The van der Waals surface area contributed by atoms with Crippen molar-refractivity contribution < 1.29 is 14.7 Å². The summed E-state index contributed by atoms with van der Waals surface area (Å²) in [4.78, 5) is 27.4. The Labute approximate surface area is 112 Å². The standard InChI is InChI=1S/C12H8ClNO3S/c13-8-3-1-2-7(11(8)17)9(15)6-10(16)12-14-4-5-18-12/h1-5,17H,6H2. The van der Waals surface area contributed by atoms with E-state index in [4.69, 9.17) is 11.6 Å². The number of hydrogen-bond acceptors (Lipinski definition) is 5. The van der Waals surface area contributed by atoms with Crippen LogP contribution in [0.3, 0.4) is 0 Å². The molecule has 1 heterocycles. The zero-order valence-corrected chi connectivity index (χ0v) is 10.7. The summed E-state index contributed by atoms with van der Waals surface area (Å²) in [7, 11) is 0. The number of hydrogen-bond donors (Lipinski definition) is 1. The molecule has 4 nitrogen and oxygen atoms in total. The van der Waals surface area contributed by atoms with Crippen LogP contribution in [0.15, 0.2) is 29.8 Å². The van der Waals surface area contributed by atoms with Gasteiger partial charge in [-0.25, -0.2) is 4.98 Å². The van der Waals surface area contributed by atoms with Gasteiger partial charge in [0.15, 0.2) is 16.6 Å². The lowest BCUT2D eigenvalue weighted by Gasteiger charge is -2.03. The van der Waals surface area contributed by atoms with Crippen molar-refractivity contribution in [2.24, 2.45) is 0 Å². The van der Waals surface area contributed by atoms with Crippen LogP contribution in [0.5, 0.6) is 5.75 Å². The van der Waals surface area contributed by atoms with Crippen LogP contribution in [-0.4, -0.2) is 21.7 Å².